The smallest absolute Gasteiger partial charge is 0.152 e. The molecule has 1 aliphatic rings. The average molecular weight is 243 g/mol. The SMILES string of the molecule is Cn1ccnc1CCC1(N)CCS(=O)(=O)C1. The molecular formula is C10H17N3O2S. The van der Waals surface area contributed by atoms with Crippen LogP contribution in [-0.2, 0) is 23.3 Å². The number of hydrogen-bond acceptors (Lipinski definition) is 4. The molecule has 5 nitrogen and oxygen atoms in total. The molecule has 2 heterocycles. The van der Waals surface area contributed by atoms with E-state index in [1.54, 1.807) is 6.20 Å². The van der Waals surface area contributed by atoms with Gasteiger partial charge in [-0.15, -0.1) is 0 Å². The van der Waals surface area contributed by atoms with Crippen LogP contribution in [0.4, 0.5) is 0 Å². The maximum atomic E-state index is 11.4. The summed E-state index contributed by atoms with van der Waals surface area (Å²) in [6.45, 7) is 0. The Hall–Kier alpha value is -0.880. The van der Waals surface area contributed by atoms with E-state index in [2.05, 4.69) is 4.98 Å². The van der Waals surface area contributed by atoms with Crippen molar-refractivity contribution in [1.82, 2.24) is 9.55 Å². The van der Waals surface area contributed by atoms with Crippen molar-refractivity contribution in [1.29, 1.82) is 0 Å². The van der Waals surface area contributed by atoms with Gasteiger partial charge in [0.15, 0.2) is 9.84 Å². The van der Waals surface area contributed by atoms with Crippen LogP contribution in [0.5, 0.6) is 0 Å². The quantitative estimate of drug-likeness (QED) is 0.802. The Labute approximate surface area is 95.6 Å². The van der Waals surface area contributed by atoms with Crippen LogP contribution in [0.1, 0.15) is 18.7 Å². The predicted octanol–water partition coefficient (Wildman–Crippen LogP) is -0.131. The Morgan fingerprint density at radius 1 is 1.62 bits per heavy atom. The molecule has 0 amide bonds. The van der Waals surface area contributed by atoms with Gasteiger partial charge in [-0.2, -0.15) is 0 Å². The van der Waals surface area contributed by atoms with E-state index in [0.717, 1.165) is 12.2 Å². The van der Waals surface area contributed by atoms with Gasteiger partial charge in [0.1, 0.15) is 5.82 Å². The molecule has 1 atom stereocenters. The van der Waals surface area contributed by atoms with Crippen molar-refractivity contribution < 1.29 is 8.42 Å². The zero-order valence-electron chi connectivity index (χ0n) is 9.39. The monoisotopic (exact) mass is 243 g/mol. The lowest BCUT2D eigenvalue weighted by Crippen LogP contribution is -2.41. The van der Waals surface area contributed by atoms with E-state index >= 15 is 0 Å². The summed E-state index contributed by atoms with van der Waals surface area (Å²) in [6.07, 6.45) is 5.60. The second-order valence-electron chi connectivity index (χ2n) is 4.66. The van der Waals surface area contributed by atoms with E-state index < -0.39 is 15.4 Å². The fourth-order valence-corrected chi connectivity index (χ4v) is 4.16. The number of rotatable bonds is 3. The molecule has 2 rings (SSSR count). The Morgan fingerprint density at radius 3 is 2.88 bits per heavy atom. The second-order valence-corrected chi connectivity index (χ2v) is 6.84. The van der Waals surface area contributed by atoms with Gasteiger partial charge in [0.25, 0.3) is 0 Å². The Kier molecular flexibility index (Phi) is 2.79. The highest BCUT2D eigenvalue weighted by Crippen LogP contribution is 2.25. The number of sulfone groups is 1. The number of imidazole rings is 1. The second kappa shape index (κ2) is 3.85. The first-order chi connectivity index (χ1) is 7.40. The summed E-state index contributed by atoms with van der Waals surface area (Å²) in [7, 11) is -0.980. The van der Waals surface area contributed by atoms with Crippen molar-refractivity contribution in [2.45, 2.75) is 24.8 Å². The van der Waals surface area contributed by atoms with Crippen molar-refractivity contribution in [2.75, 3.05) is 11.5 Å². The minimum absolute atomic E-state index is 0.115. The van der Waals surface area contributed by atoms with Gasteiger partial charge in [-0.05, 0) is 12.8 Å². The standard InChI is InChI=1S/C10H17N3O2S/c1-13-6-5-12-9(13)2-3-10(11)4-7-16(14,15)8-10/h5-6H,2-4,7-8,11H2,1H3. The van der Waals surface area contributed by atoms with Crippen LogP contribution < -0.4 is 5.73 Å². The van der Waals surface area contributed by atoms with Gasteiger partial charge in [0.2, 0.25) is 0 Å². The summed E-state index contributed by atoms with van der Waals surface area (Å²) in [5, 5.41) is 0. The summed E-state index contributed by atoms with van der Waals surface area (Å²) in [6, 6.07) is 0. The van der Waals surface area contributed by atoms with Gasteiger partial charge < -0.3 is 10.3 Å². The normalized spacial score (nSPS) is 28.4. The summed E-state index contributed by atoms with van der Waals surface area (Å²) in [4.78, 5) is 4.20. The van der Waals surface area contributed by atoms with Crippen LogP contribution in [0, 0.1) is 0 Å². The van der Waals surface area contributed by atoms with Crippen molar-refractivity contribution in [2.24, 2.45) is 12.8 Å². The average Bonchev–Trinajstić information content (AvgIpc) is 2.69. The number of hydrogen-bond donors (Lipinski definition) is 1. The minimum Gasteiger partial charge on any atom is -0.338 e. The molecule has 0 saturated carbocycles. The third-order valence-corrected chi connectivity index (χ3v) is 5.03. The van der Waals surface area contributed by atoms with Gasteiger partial charge in [-0.3, -0.25) is 0 Å². The molecule has 16 heavy (non-hydrogen) atoms. The highest BCUT2D eigenvalue weighted by molar-refractivity contribution is 7.91. The molecule has 0 aliphatic carbocycles. The number of nitrogens with two attached hydrogens (primary N) is 1. The summed E-state index contributed by atoms with van der Waals surface area (Å²) in [5.74, 6) is 1.29. The number of aryl methyl sites for hydroxylation is 2. The van der Waals surface area contributed by atoms with Crippen LogP contribution >= 0.6 is 0 Å². The minimum atomic E-state index is -2.91. The van der Waals surface area contributed by atoms with Crippen LogP contribution in [0.25, 0.3) is 0 Å². The molecule has 0 aromatic carbocycles. The predicted molar refractivity (Wildman–Crippen MR) is 61.7 cm³/mol. The number of aromatic nitrogens is 2. The largest absolute Gasteiger partial charge is 0.338 e. The van der Waals surface area contributed by atoms with Crippen molar-refractivity contribution in [3.8, 4) is 0 Å². The van der Waals surface area contributed by atoms with Crippen molar-refractivity contribution in [3.63, 3.8) is 0 Å². The molecule has 1 aromatic rings. The highest BCUT2D eigenvalue weighted by Gasteiger charge is 2.38. The van der Waals surface area contributed by atoms with Gasteiger partial charge in [-0.1, -0.05) is 0 Å². The van der Waals surface area contributed by atoms with Crippen LogP contribution in [0.2, 0.25) is 0 Å². The molecule has 0 radical (unpaired) electrons. The van der Waals surface area contributed by atoms with E-state index in [0.29, 0.717) is 12.8 Å². The summed E-state index contributed by atoms with van der Waals surface area (Å²) < 4.78 is 24.7. The van der Waals surface area contributed by atoms with E-state index in [1.165, 1.54) is 0 Å². The molecule has 1 saturated heterocycles. The van der Waals surface area contributed by atoms with E-state index in [-0.39, 0.29) is 11.5 Å². The van der Waals surface area contributed by atoms with E-state index in [9.17, 15) is 8.42 Å². The lowest BCUT2D eigenvalue weighted by molar-refractivity contribution is 0.435. The Morgan fingerprint density at radius 2 is 2.38 bits per heavy atom. The van der Waals surface area contributed by atoms with E-state index in [4.69, 9.17) is 5.73 Å². The molecule has 1 aromatic heterocycles. The zero-order chi connectivity index (χ0) is 11.8. The first kappa shape index (κ1) is 11.6. The van der Waals surface area contributed by atoms with Gasteiger partial charge >= 0.3 is 0 Å². The summed E-state index contributed by atoms with van der Waals surface area (Å²) in [5.41, 5.74) is 5.53. The van der Waals surface area contributed by atoms with Crippen LogP contribution in [0.3, 0.4) is 0 Å². The molecule has 1 unspecified atom stereocenters. The van der Waals surface area contributed by atoms with Crippen LogP contribution in [0.15, 0.2) is 12.4 Å². The Balaban J connectivity index is 1.99. The highest BCUT2D eigenvalue weighted by atomic mass is 32.2. The molecule has 6 heteroatoms. The molecule has 0 bridgehead atoms. The molecule has 0 spiro atoms. The fourth-order valence-electron chi connectivity index (χ4n) is 2.14. The molecule has 2 N–H and O–H groups in total. The van der Waals surface area contributed by atoms with Gasteiger partial charge in [0, 0.05) is 31.4 Å². The Bertz CT molecular complexity index is 480. The molecule has 1 fully saturated rings. The topological polar surface area (TPSA) is 78.0 Å². The first-order valence-electron chi connectivity index (χ1n) is 5.36. The van der Waals surface area contributed by atoms with Gasteiger partial charge in [0.05, 0.1) is 11.5 Å². The summed E-state index contributed by atoms with van der Waals surface area (Å²) >= 11 is 0. The number of nitrogens with zero attached hydrogens (tertiary/aromatic N) is 2. The lowest BCUT2D eigenvalue weighted by atomic mass is 9.94. The zero-order valence-corrected chi connectivity index (χ0v) is 10.2. The molecule has 1 aliphatic heterocycles. The molecule has 90 valence electrons. The lowest BCUT2D eigenvalue weighted by Gasteiger charge is -2.21. The molecular weight excluding hydrogens is 226 g/mol. The third-order valence-electron chi connectivity index (χ3n) is 3.19. The van der Waals surface area contributed by atoms with E-state index in [1.807, 2.05) is 17.8 Å². The fraction of sp³-hybridized carbons (Fsp3) is 0.700. The first-order valence-corrected chi connectivity index (χ1v) is 7.18. The van der Waals surface area contributed by atoms with Crippen LogP contribution in [-0.4, -0.2) is 35.0 Å². The maximum absolute atomic E-state index is 11.4. The van der Waals surface area contributed by atoms with Gasteiger partial charge in [-0.25, -0.2) is 13.4 Å². The van der Waals surface area contributed by atoms with Crippen molar-refractivity contribution >= 4 is 9.84 Å². The maximum Gasteiger partial charge on any atom is 0.152 e. The third kappa shape index (κ3) is 2.44. The van der Waals surface area contributed by atoms with Crippen molar-refractivity contribution in [3.05, 3.63) is 18.2 Å².